The summed E-state index contributed by atoms with van der Waals surface area (Å²) in [5, 5.41) is 4.06. The molecule has 5 nitrogen and oxygen atoms in total. The molecule has 5 rings (SSSR count). The number of fused-ring (bicyclic) bond motifs is 2. The van der Waals surface area contributed by atoms with Crippen molar-refractivity contribution in [2.24, 2.45) is 0 Å². The summed E-state index contributed by atoms with van der Waals surface area (Å²) in [7, 11) is 0. The van der Waals surface area contributed by atoms with Gasteiger partial charge in [-0.2, -0.15) is 0 Å². The third-order valence-electron chi connectivity index (χ3n) is 8.04. The summed E-state index contributed by atoms with van der Waals surface area (Å²) in [5.41, 5.74) is 2.70. The number of nitrogens with zero attached hydrogens (tertiary/aromatic N) is 3. The van der Waals surface area contributed by atoms with E-state index < -0.39 is 0 Å². The molecule has 0 spiro atoms. The van der Waals surface area contributed by atoms with Crippen LogP contribution in [0.1, 0.15) is 49.8 Å². The number of amides is 1. The summed E-state index contributed by atoms with van der Waals surface area (Å²) >= 11 is 0. The van der Waals surface area contributed by atoms with Gasteiger partial charge in [0.2, 0.25) is 5.91 Å². The van der Waals surface area contributed by atoms with Crippen molar-refractivity contribution in [1.82, 2.24) is 20.0 Å². The summed E-state index contributed by atoms with van der Waals surface area (Å²) < 4.78 is 0. The van der Waals surface area contributed by atoms with E-state index in [4.69, 9.17) is 0 Å². The van der Waals surface area contributed by atoms with Gasteiger partial charge in [-0.1, -0.05) is 60.7 Å². The van der Waals surface area contributed by atoms with Crippen LogP contribution in [0.5, 0.6) is 0 Å². The van der Waals surface area contributed by atoms with Crippen molar-refractivity contribution >= 4 is 5.91 Å². The zero-order chi connectivity index (χ0) is 22.6. The first-order chi connectivity index (χ1) is 16.2. The lowest BCUT2D eigenvalue weighted by Crippen LogP contribution is -2.53. The summed E-state index contributed by atoms with van der Waals surface area (Å²) in [6, 6.07) is 24.0. The predicted molar refractivity (Wildman–Crippen MR) is 133 cm³/mol. The van der Waals surface area contributed by atoms with Gasteiger partial charge >= 0.3 is 0 Å². The van der Waals surface area contributed by atoms with Gasteiger partial charge < -0.3 is 10.2 Å². The zero-order valence-corrected chi connectivity index (χ0v) is 19.9. The number of piperidine rings is 1. The van der Waals surface area contributed by atoms with Crippen LogP contribution >= 0.6 is 0 Å². The van der Waals surface area contributed by atoms with Crippen molar-refractivity contribution in [2.75, 3.05) is 39.3 Å². The molecule has 2 aromatic rings. The van der Waals surface area contributed by atoms with Crippen molar-refractivity contribution in [3.63, 3.8) is 0 Å². The maximum atomic E-state index is 11.6. The van der Waals surface area contributed by atoms with Crippen LogP contribution in [-0.2, 0) is 4.79 Å². The van der Waals surface area contributed by atoms with Gasteiger partial charge in [0.1, 0.15) is 0 Å². The molecule has 1 amide bonds. The normalized spacial score (nSPS) is 26.1. The second-order valence-corrected chi connectivity index (χ2v) is 10.1. The van der Waals surface area contributed by atoms with Gasteiger partial charge in [-0.3, -0.25) is 14.6 Å². The molecule has 2 aromatic carbocycles. The van der Waals surface area contributed by atoms with E-state index in [0.29, 0.717) is 18.1 Å². The van der Waals surface area contributed by atoms with E-state index >= 15 is 0 Å². The van der Waals surface area contributed by atoms with Crippen molar-refractivity contribution in [2.45, 2.75) is 56.8 Å². The summed E-state index contributed by atoms with van der Waals surface area (Å²) in [4.78, 5) is 18.9. The fourth-order valence-corrected chi connectivity index (χ4v) is 6.23. The maximum absolute atomic E-state index is 11.6. The molecule has 0 saturated carbocycles. The Morgan fingerprint density at radius 2 is 1.39 bits per heavy atom. The highest BCUT2D eigenvalue weighted by molar-refractivity contribution is 5.73. The number of carbonyl (C=O) groups is 1. The molecule has 3 saturated heterocycles. The lowest BCUT2D eigenvalue weighted by atomic mass is 9.93. The Bertz CT molecular complexity index is 843. The molecule has 3 aliphatic rings. The summed E-state index contributed by atoms with van der Waals surface area (Å²) in [5.74, 6) is 0.214. The minimum Gasteiger partial charge on any atom is -0.340 e. The van der Waals surface area contributed by atoms with E-state index in [1.54, 1.807) is 6.92 Å². The quantitative estimate of drug-likeness (QED) is 0.706. The highest BCUT2D eigenvalue weighted by Crippen LogP contribution is 2.37. The standard InChI is InChI=1S/C28H38N4O/c1-22(33)31-17-14-30(15-18-31)16-19-32-26-12-13-27(32)21-25(20-26)29-28(23-8-4-2-5-9-23)24-10-6-3-7-11-24/h2-11,25-29H,12-21H2,1H3/t25-,26-,27+. The number of piperazine rings is 1. The topological polar surface area (TPSA) is 38.8 Å². The second kappa shape index (κ2) is 10.4. The van der Waals surface area contributed by atoms with Crippen molar-refractivity contribution in [1.29, 1.82) is 0 Å². The minimum absolute atomic E-state index is 0.214. The number of benzene rings is 2. The third kappa shape index (κ3) is 5.32. The molecule has 0 aromatic heterocycles. The number of hydrogen-bond acceptors (Lipinski definition) is 4. The molecule has 3 aliphatic heterocycles. The van der Waals surface area contributed by atoms with Crippen molar-refractivity contribution < 1.29 is 4.79 Å². The fourth-order valence-electron chi connectivity index (χ4n) is 6.23. The molecule has 0 radical (unpaired) electrons. The van der Waals surface area contributed by atoms with E-state index in [-0.39, 0.29) is 11.9 Å². The SMILES string of the molecule is CC(=O)N1CCN(CCN2[C@@H]3CC[C@H]2C[C@H](NC(c2ccccc2)c2ccccc2)C3)CC1. The van der Waals surface area contributed by atoms with Gasteiger partial charge in [0.25, 0.3) is 0 Å². The van der Waals surface area contributed by atoms with Crippen molar-refractivity contribution in [3.8, 4) is 0 Å². The maximum Gasteiger partial charge on any atom is 0.219 e. The molecular formula is C28H38N4O. The first-order valence-electron chi connectivity index (χ1n) is 12.8. The minimum atomic E-state index is 0.214. The van der Waals surface area contributed by atoms with Gasteiger partial charge in [-0.05, 0) is 36.8 Å². The molecule has 1 N–H and O–H groups in total. The molecule has 5 heteroatoms. The Balaban J connectivity index is 1.18. The molecule has 0 unspecified atom stereocenters. The highest BCUT2D eigenvalue weighted by atomic mass is 16.2. The zero-order valence-electron chi connectivity index (χ0n) is 19.9. The van der Waals surface area contributed by atoms with E-state index in [9.17, 15) is 4.79 Å². The van der Waals surface area contributed by atoms with E-state index in [1.807, 2.05) is 4.90 Å². The second-order valence-electron chi connectivity index (χ2n) is 10.1. The lowest BCUT2D eigenvalue weighted by Gasteiger charge is -2.42. The predicted octanol–water partition coefficient (Wildman–Crippen LogP) is 3.53. The molecular weight excluding hydrogens is 408 g/mol. The van der Waals surface area contributed by atoms with E-state index in [2.05, 4.69) is 75.8 Å². The number of nitrogens with one attached hydrogen (secondary N) is 1. The average molecular weight is 447 g/mol. The van der Waals surface area contributed by atoms with Crippen LogP contribution in [-0.4, -0.2) is 78.0 Å². The Labute approximate surface area is 198 Å². The number of rotatable bonds is 7. The van der Waals surface area contributed by atoms with Gasteiger partial charge in [-0.25, -0.2) is 0 Å². The largest absolute Gasteiger partial charge is 0.340 e. The van der Waals surface area contributed by atoms with Crippen LogP contribution in [0.2, 0.25) is 0 Å². The Morgan fingerprint density at radius 3 is 1.91 bits per heavy atom. The fraction of sp³-hybridized carbons (Fsp3) is 0.536. The lowest BCUT2D eigenvalue weighted by molar-refractivity contribution is -0.130. The van der Waals surface area contributed by atoms with Gasteiger partial charge in [0.15, 0.2) is 0 Å². The molecule has 3 fully saturated rings. The number of carbonyl (C=O) groups excluding carboxylic acids is 1. The van der Waals surface area contributed by atoms with Crippen LogP contribution in [0.25, 0.3) is 0 Å². The smallest absolute Gasteiger partial charge is 0.219 e. The number of hydrogen-bond donors (Lipinski definition) is 1. The van der Waals surface area contributed by atoms with E-state index in [1.165, 1.54) is 43.4 Å². The van der Waals surface area contributed by atoms with E-state index in [0.717, 1.165) is 32.7 Å². The monoisotopic (exact) mass is 446 g/mol. The van der Waals surface area contributed by atoms with Crippen molar-refractivity contribution in [3.05, 3.63) is 71.8 Å². The van der Waals surface area contributed by atoms with Crippen LogP contribution in [0, 0.1) is 0 Å². The summed E-state index contributed by atoms with van der Waals surface area (Å²) in [6.45, 7) is 7.79. The molecule has 2 bridgehead atoms. The molecule has 33 heavy (non-hydrogen) atoms. The highest BCUT2D eigenvalue weighted by Gasteiger charge is 2.41. The molecule has 176 valence electrons. The van der Waals surface area contributed by atoms with Gasteiger partial charge in [0, 0.05) is 64.3 Å². The van der Waals surface area contributed by atoms with Crippen LogP contribution in [0.4, 0.5) is 0 Å². The molecule has 3 atom stereocenters. The first kappa shape index (κ1) is 22.6. The van der Waals surface area contributed by atoms with Crippen LogP contribution < -0.4 is 5.32 Å². The summed E-state index contributed by atoms with van der Waals surface area (Å²) in [6.07, 6.45) is 5.15. The van der Waals surface area contributed by atoms with Gasteiger partial charge in [0.05, 0.1) is 6.04 Å². The Kier molecular flexibility index (Phi) is 7.10. The Morgan fingerprint density at radius 1 is 0.848 bits per heavy atom. The first-order valence-corrected chi connectivity index (χ1v) is 12.8. The third-order valence-corrected chi connectivity index (χ3v) is 8.04. The van der Waals surface area contributed by atoms with Crippen LogP contribution in [0.15, 0.2) is 60.7 Å². The Hall–Kier alpha value is -2.21. The van der Waals surface area contributed by atoms with Gasteiger partial charge in [-0.15, -0.1) is 0 Å². The average Bonchev–Trinajstić information content (AvgIpc) is 3.10. The van der Waals surface area contributed by atoms with Crippen LogP contribution in [0.3, 0.4) is 0 Å². The molecule has 0 aliphatic carbocycles. The molecule has 3 heterocycles.